The van der Waals surface area contributed by atoms with Crippen molar-refractivity contribution in [2.24, 2.45) is 5.92 Å². The maximum absolute atomic E-state index is 12.9. The highest BCUT2D eigenvalue weighted by atomic mass is 35.5. The molecule has 0 aromatic heterocycles. The minimum Gasteiger partial charge on any atom is -0.465 e. The van der Waals surface area contributed by atoms with E-state index in [-0.39, 0.29) is 19.3 Å². The van der Waals surface area contributed by atoms with Gasteiger partial charge in [-0.1, -0.05) is 47.5 Å². The Balaban J connectivity index is 2.27. The number of hydrogen-bond acceptors (Lipinski definition) is 7. The summed E-state index contributed by atoms with van der Waals surface area (Å²) in [5.41, 5.74) is 1.56. The van der Waals surface area contributed by atoms with Crippen molar-refractivity contribution in [2.75, 3.05) is 6.61 Å². The highest BCUT2D eigenvalue weighted by molar-refractivity contribution is 6.35. The third-order valence-electron chi connectivity index (χ3n) is 5.55. The van der Waals surface area contributed by atoms with Gasteiger partial charge in [0.2, 0.25) is 5.91 Å². The Morgan fingerprint density at radius 3 is 2.10 bits per heavy atom. The number of aldehydes is 1. The molecule has 9 nitrogen and oxygen atoms in total. The molecule has 0 spiro atoms. The van der Waals surface area contributed by atoms with E-state index < -0.39 is 47.7 Å². The van der Waals surface area contributed by atoms with Crippen molar-refractivity contribution in [1.82, 2.24) is 10.6 Å². The van der Waals surface area contributed by atoms with Gasteiger partial charge in [-0.05, 0) is 75.9 Å². The van der Waals surface area contributed by atoms with Crippen molar-refractivity contribution in [1.29, 1.82) is 0 Å². The summed E-state index contributed by atoms with van der Waals surface area (Å²) in [6.07, 6.45) is -2.05. The summed E-state index contributed by atoms with van der Waals surface area (Å²) < 4.78 is 10.1. The predicted molar refractivity (Wildman–Crippen MR) is 149 cm³/mol. The largest absolute Gasteiger partial charge is 0.465 e. The van der Waals surface area contributed by atoms with Crippen LogP contribution in [-0.2, 0) is 30.3 Å². The van der Waals surface area contributed by atoms with Crippen molar-refractivity contribution in [3.8, 4) is 11.1 Å². The maximum Gasteiger partial charge on any atom is 0.408 e. The molecule has 0 fully saturated rings. The molecule has 212 valence electrons. The van der Waals surface area contributed by atoms with Gasteiger partial charge in [0.15, 0.2) is 0 Å². The lowest BCUT2D eigenvalue weighted by Crippen LogP contribution is -2.55. The highest BCUT2D eigenvalue weighted by Gasteiger charge is 2.36. The summed E-state index contributed by atoms with van der Waals surface area (Å²) >= 11 is 12.2. The van der Waals surface area contributed by atoms with Crippen LogP contribution in [0, 0.1) is 5.92 Å². The Kier molecular flexibility index (Phi) is 11.8. The Morgan fingerprint density at radius 2 is 1.59 bits per heavy atom. The van der Waals surface area contributed by atoms with Gasteiger partial charge in [0.1, 0.15) is 23.8 Å². The first-order valence-electron chi connectivity index (χ1n) is 12.4. The fraction of sp³-hybridized carbons (Fsp3) is 0.429. The fourth-order valence-corrected chi connectivity index (χ4v) is 4.21. The Labute approximate surface area is 238 Å². The van der Waals surface area contributed by atoms with Crippen molar-refractivity contribution in [3.05, 3.63) is 58.1 Å². The molecule has 0 heterocycles. The zero-order chi connectivity index (χ0) is 29.3. The molecule has 0 aliphatic carbocycles. The lowest BCUT2D eigenvalue weighted by molar-refractivity contribution is -0.154. The van der Waals surface area contributed by atoms with Crippen molar-refractivity contribution in [2.45, 2.75) is 64.8 Å². The van der Waals surface area contributed by atoms with Crippen molar-refractivity contribution < 1.29 is 33.8 Å². The quantitative estimate of drug-likeness (QED) is 0.204. The summed E-state index contributed by atoms with van der Waals surface area (Å²) in [4.78, 5) is 49.1. The van der Waals surface area contributed by atoms with Gasteiger partial charge in [0, 0.05) is 10.0 Å². The van der Waals surface area contributed by atoms with E-state index in [9.17, 15) is 24.3 Å². The van der Waals surface area contributed by atoms with E-state index in [1.165, 1.54) is 6.92 Å². The van der Waals surface area contributed by atoms with E-state index in [0.29, 0.717) is 15.6 Å². The molecule has 3 N–H and O–H groups in total. The second-order valence-electron chi connectivity index (χ2n) is 9.95. The third kappa shape index (κ3) is 10.2. The minimum absolute atomic E-state index is 0.0126. The van der Waals surface area contributed by atoms with Gasteiger partial charge in [-0.15, -0.1) is 0 Å². The molecule has 39 heavy (non-hydrogen) atoms. The van der Waals surface area contributed by atoms with E-state index in [4.69, 9.17) is 32.7 Å². The Morgan fingerprint density at radius 1 is 1.00 bits per heavy atom. The number of nitrogens with one attached hydrogen (secondary N) is 2. The number of carbonyl (C=O) groups excluding carboxylic acids is 4. The monoisotopic (exact) mass is 580 g/mol. The third-order valence-corrected chi connectivity index (χ3v) is 5.98. The molecule has 0 aliphatic rings. The van der Waals surface area contributed by atoms with E-state index in [0.717, 1.165) is 11.1 Å². The molecule has 2 aromatic carbocycles. The number of esters is 1. The second-order valence-corrected chi connectivity index (χ2v) is 10.8. The number of alkyl carbamates (subject to hydrolysis) is 1. The first-order chi connectivity index (χ1) is 18.2. The minimum atomic E-state index is -1.61. The number of halogens is 2. The van der Waals surface area contributed by atoms with Crippen LogP contribution >= 0.6 is 23.2 Å². The van der Waals surface area contributed by atoms with Crippen LogP contribution in [0.15, 0.2) is 42.5 Å². The summed E-state index contributed by atoms with van der Waals surface area (Å²) in [6.45, 7) is 8.08. The van der Waals surface area contributed by atoms with Gasteiger partial charge in [0.25, 0.3) is 0 Å². The number of rotatable bonds is 11. The van der Waals surface area contributed by atoms with E-state index >= 15 is 0 Å². The highest BCUT2D eigenvalue weighted by Crippen LogP contribution is 2.28. The lowest BCUT2D eigenvalue weighted by Gasteiger charge is -2.28. The van der Waals surface area contributed by atoms with Crippen LogP contribution in [0.25, 0.3) is 11.1 Å². The normalized spacial score (nSPS) is 14.4. The molecular formula is C28H34Cl2N2O7. The summed E-state index contributed by atoms with van der Waals surface area (Å²) in [7, 11) is 0. The van der Waals surface area contributed by atoms with Crippen LogP contribution in [-0.4, -0.2) is 59.8 Å². The number of aliphatic hydroxyl groups is 1. The molecular weight excluding hydrogens is 547 g/mol. The van der Waals surface area contributed by atoms with Crippen molar-refractivity contribution in [3.63, 3.8) is 0 Å². The number of carbonyl (C=O) groups is 4. The zero-order valence-electron chi connectivity index (χ0n) is 22.5. The molecule has 11 heteroatoms. The first kappa shape index (κ1) is 32.1. The van der Waals surface area contributed by atoms with Gasteiger partial charge in [-0.3, -0.25) is 9.59 Å². The topological polar surface area (TPSA) is 131 Å². The van der Waals surface area contributed by atoms with E-state index in [1.807, 2.05) is 12.1 Å². The molecule has 0 bridgehead atoms. The zero-order valence-corrected chi connectivity index (χ0v) is 24.0. The molecule has 4 atom stereocenters. The summed E-state index contributed by atoms with van der Waals surface area (Å²) in [5, 5.41) is 17.0. The van der Waals surface area contributed by atoms with Gasteiger partial charge in [-0.2, -0.15) is 0 Å². The molecule has 0 saturated carbocycles. The molecule has 3 unspecified atom stereocenters. The number of hydrogen-bond donors (Lipinski definition) is 3. The number of benzene rings is 2. The van der Waals surface area contributed by atoms with Crippen molar-refractivity contribution >= 4 is 47.5 Å². The van der Waals surface area contributed by atoms with Crippen LogP contribution in [0.1, 0.15) is 40.2 Å². The lowest BCUT2D eigenvalue weighted by atomic mass is 9.91. The number of aliphatic hydroxyl groups excluding tert-OH is 1. The summed E-state index contributed by atoms with van der Waals surface area (Å²) in [5.74, 6) is -3.09. The molecule has 0 saturated heterocycles. The Bertz CT molecular complexity index is 1150. The maximum atomic E-state index is 12.9. The average molecular weight is 581 g/mol. The summed E-state index contributed by atoms with van der Waals surface area (Å²) in [6, 6.07) is 10.2. The molecule has 2 rings (SSSR count). The number of ether oxygens (including phenoxy) is 2. The average Bonchev–Trinajstić information content (AvgIpc) is 2.82. The number of amides is 2. The first-order valence-corrected chi connectivity index (χ1v) is 13.1. The van der Waals surface area contributed by atoms with Crippen LogP contribution in [0.3, 0.4) is 0 Å². The Hall–Kier alpha value is -3.14. The molecule has 2 amide bonds. The molecule has 2 aromatic rings. The second kappa shape index (κ2) is 14.3. The standard InChI is InChI=1S/C28H34Cl2N2O7/c1-6-38-26(36)22(15-33)24(34)23(32-25(35)16(2)31-27(37)39-28(3,4)5)11-17-7-9-18(10-8-17)19-12-20(29)14-21(30)13-19/h7-10,12-16,22-24,34H,6,11H2,1-5H3,(H,31,37)(H,32,35)/t16-,22?,23?,24?/m0/s1. The van der Waals surface area contributed by atoms with Gasteiger partial charge in [-0.25, -0.2) is 4.79 Å². The molecule has 0 radical (unpaired) electrons. The van der Waals surface area contributed by atoms with Crippen LogP contribution in [0.5, 0.6) is 0 Å². The van der Waals surface area contributed by atoms with Crippen LogP contribution < -0.4 is 10.6 Å². The molecule has 0 aliphatic heterocycles. The predicted octanol–water partition coefficient (Wildman–Crippen LogP) is 4.34. The van der Waals surface area contributed by atoms with Gasteiger partial charge in [0.05, 0.1) is 18.8 Å². The van der Waals surface area contributed by atoms with E-state index in [2.05, 4.69) is 10.6 Å². The SMILES string of the molecule is CCOC(=O)C(C=O)C(O)C(Cc1ccc(-c2cc(Cl)cc(Cl)c2)cc1)NC(=O)[C@H](C)NC(=O)OC(C)(C)C. The smallest absolute Gasteiger partial charge is 0.408 e. The van der Waals surface area contributed by atoms with Gasteiger partial charge < -0.3 is 30.0 Å². The fourth-order valence-electron chi connectivity index (χ4n) is 3.69. The van der Waals surface area contributed by atoms with Crippen LogP contribution in [0.2, 0.25) is 10.0 Å². The van der Waals surface area contributed by atoms with E-state index in [1.54, 1.807) is 58.0 Å². The van der Waals surface area contributed by atoms with Crippen LogP contribution in [0.4, 0.5) is 4.79 Å². The van der Waals surface area contributed by atoms with Gasteiger partial charge >= 0.3 is 12.1 Å².